The van der Waals surface area contributed by atoms with E-state index in [-0.39, 0.29) is 11.4 Å². The summed E-state index contributed by atoms with van der Waals surface area (Å²) in [5.41, 5.74) is 0. The van der Waals surface area contributed by atoms with Crippen molar-refractivity contribution in [3.8, 4) is 0 Å². The molecule has 1 rings (SSSR count). The van der Waals surface area contributed by atoms with Crippen molar-refractivity contribution in [3.63, 3.8) is 0 Å². The molecule has 0 aliphatic heterocycles. The number of aliphatic hydroxyl groups is 1. The van der Waals surface area contributed by atoms with Gasteiger partial charge in [-0.1, -0.05) is 0 Å². The summed E-state index contributed by atoms with van der Waals surface area (Å²) in [7, 11) is -0.351. The van der Waals surface area contributed by atoms with Gasteiger partial charge in [0.05, 0.1) is 11.0 Å². The first-order valence-corrected chi connectivity index (χ1v) is 7.10. The zero-order chi connectivity index (χ0) is 13.8. The van der Waals surface area contributed by atoms with Crippen molar-refractivity contribution in [1.29, 1.82) is 0 Å². The van der Waals surface area contributed by atoms with Gasteiger partial charge >= 0.3 is 0 Å². The van der Waals surface area contributed by atoms with Gasteiger partial charge < -0.3 is 10.4 Å². The van der Waals surface area contributed by atoms with Gasteiger partial charge in [-0.05, 0) is 19.4 Å². The number of sulfonamides is 1. The summed E-state index contributed by atoms with van der Waals surface area (Å²) < 4.78 is 25.6. The Hall–Kier alpha value is -1.18. The van der Waals surface area contributed by atoms with Crippen molar-refractivity contribution >= 4 is 15.8 Å². The molecule has 0 radical (unpaired) electrons. The lowest BCUT2D eigenvalue weighted by Crippen LogP contribution is -2.29. The quantitative estimate of drug-likeness (QED) is 0.789. The zero-order valence-electron chi connectivity index (χ0n) is 10.8. The van der Waals surface area contributed by atoms with Gasteiger partial charge in [0.2, 0.25) is 10.0 Å². The minimum absolute atomic E-state index is 0.190. The van der Waals surface area contributed by atoms with Crippen LogP contribution in [0.25, 0.3) is 0 Å². The lowest BCUT2D eigenvalue weighted by molar-refractivity contribution is 0.177. The first-order chi connectivity index (χ1) is 8.37. The maximum atomic E-state index is 12.2. The second kappa shape index (κ2) is 6.12. The Morgan fingerprint density at radius 1 is 1.56 bits per heavy atom. The summed E-state index contributed by atoms with van der Waals surface area (Å²) in [5.74, 6) is 0.500. The van der Waals surface area contributed by atoms with Crippen molar-refractivity contribution in [2.45, 2.75) is 24.3 Å². The topological polar surface area (TPSA) is 82.5 Å². The Kier molecular flexibility index (Phi) is 5.06. The van der Waals surface area contributed by atoms with Gasteiger partial charge in [0, 0.05) is 32.9 Å². The van der Waals surface area contributed by atoms with Crippen LogP contribution in [0, 0.1) is 0 Å². The minimum Gasteiger partial charge on any atom is -0.393 e. The molecule has 102 valence electrons. The van der Waals surface area contributed by atoms with E-state index in [0.29, 0.717) is 12.2 Å². The minimum atomic E-state index is -3.53. The van der Waals surface area contributed by atoms with Crippen LogP contribution < -0.4 is 5.32 Å². The molecule has 7 heteroatoms. The molecule has 18 heavy (non-hydrogen) atoms. The normalized spacial score (nSPS) is 13.6. The maximum absolute atomic E-state index is 12.2. The Morgan fingerprint density at radius 3 is 2.78 bits per heavy atom. The third kappa shape index (κ3) is 3.66. The molecule has 0 aliphatic rings. The van der Waals surface area contributed by atoms with E-state index in [2.05, 4.69) is 10.3 Å². The highest BCUT2D eigenvalue weighted by Gasteiger charge is 2.21. The number of aromatic nitrogens is 1. The summed E-state index contributed by atoms with van der Waals surface area (Å²) in [5, 5.41) is 12.0. The van der Waals surface area contributed by atoms with E-state index in [1.807, 2.05) is 0 Å². The van der Waals surface area contributed by atoms with Crippen LogP contribution >= 0.6 is 0 Å². The SMILES string of the molecule is CNc1cc(S(=O)(=O)N(C)CCC(C)O)ccn1. The molecule has 1 aromatic heterocycles. The fourth-order valence-electron chi connectivity index (χ4n) is 1.38. The highest BCUT2D eigenvalue weighted by Crippen LogP contribution is 2.16. The lowest BCUT2D eigenvalue weighted by Gasteiger charge is -2.18. The number of hydrogen-bond acceptors (Lipinski definition) is 5. The average molecular weight is 273 g/mol. The molecule has 1 unspecified atom stereocenters. The van der Waals surface area contributed by atoms with Crippen LogP contribution in [0.2, 0.25) is 0 Å². The van der Waals surface area contributed by atoms with Crippen LogP contribution in [0.5, 0.6) is 0 Å². The Morgan fingerprint density at radius 2 is 2.22 bits per heavy atom. The number of anilines is 1. The second-order valence-electron chi connectivity index (χ2n) is 4.09. The largest absolute Gasteiger partial charge is 0.393 e. The van der Waals surface area contributed by atoms with Crippen molar-refractivity contribution in [3.05, 3.63) is 18.3 Å². The fraction of sp³-hybridized carbons (Fsp3) is 0.545. The molecule has 6 nitrogen and oxygen atoms in total. The van der Waals surface area contributed by atoms with Crippen molar-refractivity contribution in [1.82, 2.24) is 9.29 Å². The van der Waals surface area contributed by atoms with E-state index in [1.54, 1.807) is 14.0 Å². The molecule has 1 atom stereocenters. The van der Waals surface area contributed by atoms with E-state index in [9.17, 15) is 13.5 Å². The second-order valence-corrected chi connectivity index (χ2v) is 6.14. The van der Waals surface area contributed by atoms with E-state index < -0.39 is 16.1 Å². The summed E-state index contributed by atoms with van der Waals surface area (Å²) in [6, 6.07) is 2.93. The van der Waals surface area contributed by atoms with Crippen molar-refractivity contribution in [2.75, 3.05) is 26.0 Å². The third-order valence-electron chi connectivity index (χ3n) is 2.56. The summed E-state index contributed by atoms with van der Waals surface area (Å²) in [4.78, 5) is 4.16. The number of nitrogens with zero attached hydrogens (tertiary/aromatic N) is 2. The van der Waals surface area contributed by atoms with E-state index in [0.717, 1.165) is 0 Å². The molecule has 0 spiro atoms. The summed E-state index contributed by atoms with van der Waals surface area (Å²) >= 11 is 0. The van der Waals surface area contributed by atoms with E-state index in [1.165, 1.54) is 29.7 Å². The Labute approximate surface area is 108 Å². The van der Waals surface area contributed by atoms with Crippen molar-refractivity contribution in [2.24, 2.45) is 0 Å². The predicted molar refractivity (Wildman–Crippen MR) is 69.9 cm³/mol. The molecule has 2 N–H and O–H groups in total. The van der Waals surface area contributed by atoms with E-state index >= 15 is 0 Å². The molecule has 1 heterocycles. The highest BCUT2D eigenvalue weighted by atomic mass is 32.2. The molecule has 0 aromatic carbocycles. The smallest absolute Gasteiger partial charge is 0.243 e. The third-order valence-corrected chi connectivity index (χ3v) is 4.41. The molecule has 1 aromatic rings. The molecular formula is C11H19N3O3S. The number of hydrogen-bond donors (Lipinski definition) is 2. The molecular weight excluding hydrogens is 254 g/mol. The molecule has 0 bridgehead atoms. The van der Waals surface area contributed by atoms with E-state index in [4.69, 9.17) is 0 Å². The molecule has 0 fully saturated rings. The van der Waals surface area contributed by atoms with Crippen LogP contribution in [0.3, 0.4) is 0 Å². The van der Waals surface area contributed by atoms with Gasteiger partial charge in [0.1, 0.15) is 5.82 Å². The van der Waals surface area contributed by atoms with Gasteiger partial charge in [-0.3, -0.25) is 0 Å². The van der Waals surface area contributed by atoms with Crippen LogP contribution in [0.15, 0.2) is 23.2 Å². The standard InChI is InChI=1S/C11H19N3O3S/c1-9(15)5-7-14(3)18(16,17)10-4-6-13-11(8-10)12-2/h4,6,8-9,15H,5,7H2,1-3H3,(H,12,13). The Balaban J connectivity index is 2.91. The van der Waals surface area contributed by atoms with Gasteiger partial charge in [0.15, 0.2) is 0 Å². The number of nitrogens with one attached hydrogen (secondary N) is 1. The number of pyridine rings is 1. The molecule has 0 saturated heterocycles. The first kappa shape index (κ1) is 14.9. The number of rotatable bonds is 6. The summed E-state index contributed by atoms with van der Waals surface area (Å²) in [6.07, 6.45) is 1.33. The van der Waals surface area contributed by atoms with Gasteiger partial charge in [0.25, 0.3) is 0 Å². The Bertz CT molecular complexity index is 488. The van der Waals surface area contributed by atoms with Crippen molar-refractivity contribution < 1.29 is 13.5 Å². The number of aliphatic hydroxyl groups excluding tert-OH is 1. The average Bonchev–Trinajstić information content (AvgIpc) is 2.35. The van der Waals surface area contributed by atoms with Crippen LogP contribution in [-0.2, 0) is 10.0 Å². The predicted octanol–water partition coefficient (Wildman–Crippen LogP) is 0.515. The summed E-state index contributed by atoms with van der Waals surface area (Å²) in [6.45, 7) is 1.91. The van der Waals surface area contributed by atoms with Gasteiger partial charge in [-0.15, -0.1) is 0 Å². The van der Waals surface area contributed by atoms with Gasteiger partial charge in [-0.25, -0.2) is 17.7 Å². The maximum Gasteiger partial charge on any atom is 0.243 e. The fourth-order valence-corrected chi connectivity index (χ4v) is 2.58. The lowest BCUT2D eigenvalue weighted by atomic mass is 10.3. The molecule has 0 amide bonds. The monoisotopic (exact) mass is 273 g/mol. The molecule has 0 aliphatic carbocycles. The zero-order valence-corrected chi connectivity index (χ0v) is 11.6. The first-order valence-electron chi connectivity index (χ1n) is 5.66. The van der Waals surface area contributed by atoms with Gasteiger partial charge in [-0.2, -0.15) is 0 Å². The van der Waals surface area contributed by atoms with Crippen LogP contribution in [0.1, 0.15) is 13.3 Å². The van der Waals surface area contributed by atoms with Crippen LogP contribution in [0.4, 0.5) is 5.82 Å². The molecule has 0 saturated carbocycles. The van der Waals surface area contributed by atoms with Crippen LogP contribution in [-0.4, -0.2) is 49.6 Å². The highest BCUT2D eigenvalue weighted by molar-refractivity contribution is 7.89.